The second-order valence-corrected chi connectivity index (χ2v) is 5.34. The molecular formula is C19H20N2O4. The highest BCUT2D eigenvalue weighted by Crippen LogP contribution is 2.11. The van der Waals surface area contributed by atoms with E-state index in [0.29, 0.717) is 24.0 Å². The van der Waals surface area contributed by atoms with Crippen LogP contribution in [0.2, 0.25) is 0 Å². The Kier molecular flexibility index (Phi) is 6.83. The van der Waals surface area contributed by atoms with Crippen LogP contribution in [0.4, 0.5) is 5.82 Å². The topological polar surface area (TPSA) is 85.4 Å². The summed E-state index contributed by atoms with van der Waals surface area (Å²) in [7, 11) is 0. The third-order valence-corrected chi connectivity index (χ3v) is 3.44. The van der Waals surface area contributed by atoms with Gasteiger partial charge in [-0.3, -0.25) is 9.59 Å². The minimum absolute atomic E-state index is 0.0100. The van der Waals surface area contributed by atoms with E-state index >= 15 is 0 Å². The zero-order valence-electron chi connectivity index (χ0n) is 14.0. The molecule has 1 heterocycles. The van der Waals surface area contributed by atoms with Gasteiger partial charge in [-0.2, -0.15) is 0 Å². The number of benzene rings is 1. The molecule has 0 radical (unpaired) electrons. The fraction of sp³-hybridized carbons (Fsp3) is 0.263. The number of ether oxygens (including phenoxy) is 1. The van der Waals surface area contributed by atoms with Crippen LogP contribution in [-0.2, 0) is 9.53 Å². The van der Waals surface area contributed by atoms with Gasteiger partial charge >= 0.3 is 5.97 Å². The monoisotopic (exact) mass is 340 g/mol. The summed E-state index contributed by atoms with van der Waals surface area (Å²) in [6.45, 7) is 2.00. The van der Waals surface area contributed by atoms with Crippen LogP contribution in [0.3, 0.4) is 0 Å². The number of amides is 1. The molecule has 0 aliphatic rings. The number of nitrogens with zero attached hydrogens (tertiary/aromatic N) is 1. The highest BCUT2D eigenvalue weighted by Gasteiger charge is 2.11. The van der Waals surface area contributed by atoms with E-state index in [9.17, 15) is 14.4 Å². The molecule has 2 rings (SSSR count). The van der Waals surface area contributed by atoms with Crippen molar-refractivity contribution in [1.82, 2.24) is 4.98 Å². The van der Waals surface area contributed by atoms with Gasteiger partial charge in [0.1, 0.15) is 5.82 Å². The molecule has 0 bridgehead atoms. The Bertz CT molecular complexity index is 744. The summed E-state index contributed by atoms with van der Waals surface area (Å²) in [6.07, 6.45) is 2.37. The molecule has 2 aromatic rings. The Hall–Kier alpha value is -3.02. The van der Waals surface area contributed by atoms with Crippen molar-refractivity contribution in [3.8, 4) is 0 Å². The first-order chi connectivity index (χ1) is 12.1. The Balaban J connectivity index is 1.81. The quantitative estimate of drug-likeness (QED) is 0.589. The van der Waals surface area contributed by atoms with Crippen LogP contribution in [0, 0.1) is 0 Å². The van der Waals surface area contributed by atoms with Crippen molar-refractivity contribution in [2.75, 3.05) is 11.9 Å². The summed E-state index contributed by atoms with van der Waals surface area (Å²) in [5, 5.41) is 2.62. The smallest absolute Gasteiger partial charge is 0.338 e. The van der Waals surface area contributed by atoms with Gasteiger partial charge in [0.15, 0.2) is 5.78 Å². The predicted octanol–water partition coefficient (Wildman–Crippen LogP) is 3.25. The molecule has 1 amide bonds. The first kappa shape index (κ1) is 18.3. The number of esters is 1. The van der Waals surface area contributed by atoms with E-state index in [1.54, 1.807) is 19.1 Å². The number of aromatic nitrogens is 1. The second kappa shape index (κ2) is 9.32. The number of Topliss-reactive ketones (excluding diaryl/α,β-unsaturated/α-hetero) is 1. The molecule has 1 aromatic carbocycles. The molecule has 0 atom stereocenters. The third kappa shape index (κ3) is 5.84. The molecule has 0 spiro atoms. The highest BCUT2D eigenvalue weighted by molar-refractivity contribution is 5.97. The minimum Gasteiger partial charge on any atom is -0.462 e. The molecule has 0 fully saturated rings. The molecule has 130 valence electrons. The van der Waals surface area contributed by atoms with Gasteiger partial charge in [0.25, 0.3) is 0 Å². The predicted molar refractivity (Wildman–Crippen MR) is 93.4 cm³/mol. The summed E-state index contributed by atoms with van der Waals surface area (Å²) in [5.74, 6) is -0.427. The molecule has 0 saturated heterocycles. The van der Waals surface area contributed by atoms with Crippen molar-refractivity contribution >= 4 is 23.5 Å². The normalized spacial score (nSPS) is 10.1. The van der Waals surface area contributed by atoms with Gasteiger partial charge in [-0.15, -0.1) is 0 Å². The molecule has 1 aromatic heterocycles. The molecule has 25 heavy (non-hydrogen) atoms. The zero-order valence-corrected chi connectivity index (χ0v) is 14.0. The number of carbonyl (C=O) groups excluding carboxylic acids is 3. The van der Waals surface area contributed by atoms with E-state index in [2.05, 4.69) is 10.3 Å². The van der Waals surface area contributed by atoms with Crippen molar-refractivity contribution in [3.63, 3.8) is 0 Å². The number of hydrogen-bond acceptors (Lipinski definition) is 5. The molecular weight excluding hydrogens is 320 g/mol. The third-order valence-electron chi connectivity index (χ3n) is 3.44. The van der Waals surface area contributed by atoms with Gasteiger partial charge < -0.3 is 10.1 Å². The molecule has 6 nitrogen and oxygen atoms in total. The SMILES string of the molecule is CCOC(=O)c1ccnc(NC(=O)CCCC(=O)c2ccccc2)c1. The summed E-state index contributed by atoms with van der Waals surface area (Å²) in [4.78, 5) is 39.6. The summed E-state index contributed by atoms with van der Waals surface area (Å²) in [5.41, 5.74) is 0.970. The Labute approximate surface area is 146 Å². The molecule has 0 aliphatic heterocycles. The summed E-state index contributed by atoms with van der Waals surface area (Å²) >= 11 is 0. The first-order valence-electron chi connectivity index (χ1n) is 8.11. The van der Waals surface area contributed by atoms with Crippen LogP contribution < -0.4 is 5.32 Å². The number of hydrogen-bond donors (Lipinski definition) is 1. The van der Waals surface area contributed by atoms with E-state index < -0.39 is 5.97 Å². The van der Waals surface area contributed by atoms with Crippen molar-refractivity contribution in [2.45, 2.75) is 26.2 Å². The van der Waals surface area contributed by atoms with Gasteiger partial charge in [-0.1, -0.05) is 30.3 Å². The van der Waals surface area contributed by atoms with Crippen molar-refractivity contribution in [3.05, 3.63) is 59.8 Å². The summed E-state index contributed by atoms with van der Waals surface area (Å²) in [6, 6.07) is 12.0. The summed E-state index contributed by atoms with van der Waals surface area (Å²) < 4.78 is 4.90. The Morgan fingerprint density at radius 3 is 2.52 bits per heavy atom. The van der Waals surface area contributed by atoms with Crippen LogP contribution >= 0.6 is 0 Å². The molecule has 6 heteroatoms. The number of carbonyl (C=O) groups is 3. The van der Waals surface area contributed by atoms with Crippen LogP contribution in [0.5, 0.6) is 0 Å². The van der Waals surface area contributed by atoms with E-state index in [0.717, 1.165) is 0 Å². The fourth-order valence-corrected chi connectivity index (χ4v) is 2.22. The van der Waals surface area contributed by atoms with Crippen LogP contribution in [0.15, 0.2) is 48.7 Å². The lowest BCUT2D eigenvalue weighted by atomic mass is 10.1. The second-order valence-electron chi connectivity index (χ2n) is 5.34. The zero-order chi connectivity index (χ0) is 18.1. The van der Waals surface area contributed by atoms with E-state index in [1.807, 2.05) is 18.2 Å². The van der Waals surface area contributed by atoms with E-state index in [4.69, 9.17) is 4.74 Å². The maximum Gasteiger partial charge on any atom is 0.338 e. The minimum atomic E-state index is -0.464. The highest BCUT2D eigenvalue weighted by atomic mass is 16.5. The number of rotatable bonds is 8. The van der Waals surface area contributed by atoms with Crippen molar-refractivity contribution < 1.29 is 19.1 Å². The van der Waals surface area contributed by atoms with Crippen LogP contribution in [0.1, 0.15) is 46.9 Å². The Morgan fingerprint density at radius 2 is 1.80 bits per heavy atom. The molecule has 1 N–H and O–H groups in total. The van der Waals surface area contributed by atoms with Gasteiger partial charge in [-0.05, 0) is 25.5 Å². The van der Waals surface area contributed by atoms with E-state index in [1.165, 1.54) is 18.3 Å². The lowest BCUT2D eigenvalue weighted by Crippen LogP contribution is -2.14. The van der Waals surface area contributed by atoms with Gasteiger partial charge in [0, 0.05) is 24.6 Å². The van der Waals surface area contributed by atoms with Gasteiger partial charge in [0.2, 0.25) is 5.91 Å². The first-order valence-corrected chi connectivity index (χ1v) is 8.11. The number of anilines is 1. The lowest BCUT2D eigenvalue weighted by molar-refractivity contribution is -0.116. The maximum atomic E-state index is 12.0. The molecule has 0 aliphatic carbocycles. The van der Waals surface area contributed by atoms with Crippen LogP contribution in [0.25, 0.3) is 0 Å². The van der Waals surface area contributed by atoms with Crippen LogP contribution in [-0.4, -0.2) is 29.3 Å². The molecule has 0 unspecified atom stereocenters. The average molecular weight is 340 g/mol. The standard InChI is InChI=1S/C19H20N2O4/c1-2-25-19(24)15-11-12-20-17(13-15)21-18(23)10-6-9-16(22)14-7-4-3-5-8-14/h3-5,7-8,11-13H,2,6,9-10H2,1H3,(H,20,21,23). The van der Waals surface area contributed by atoms with Crippen molar-refractivity contribution in [1.29, 1.82) is 0 Å². The van der Waals surface area contributed by atoms with Gasteiger partial charge in [-0.25, -0.2) is 9.78 Å². The Morgan fingerprint density at radius 1 is 1.04 bits per heavy atom. The average Bonchev–Trinajstić information content (AvgIpc) is 2.62. The van der Waals surface area contributed by atoms with Crippen molar-refractivity contribution in [2.24, 2.45) is 0 Å². The largest absolute Gasteiger partial charge is 0.462 e. The number of nitrogens with one attached hydrogen (secondary N) is 1. The lowest BCUT2D eigenvalue weighted by Gasteiger charge is -2.06. The molecule has 0 saturated carbocycles. The number of ketones is 1. The number of pyridine rings is 1. The fourth-order valence-electron chi connectivity index (χ4n) is 2.22. The van der Waals surface area contributed by atoms with Gasteiger partial charge in [0.05, 0.1) is 12.2 Å². The van der Waals surface area contributed by atoms with E-state index in [-0.39, 0.29) is 30.5 Å². The maximum absolute atomic E-state index is 12.0.